The van der Waals surface area contributed by atoms with Crippen LogP contribution in [0.25, 0.3) is 16.5 Å². The van der Waals surface area contributed by atoms with Crippen LogP contribution in [0.2, 0.25) is 0 Å². The number of carbonyl (C=O) groups excluding carboxylic acids is 1. The molecular weight excluding hydrogens is 302 g/mol. The smallest absolute Gasteiger partial charge is 0.246 e. The topological polar surface area (TPSA) is 42.7 Å². The van der Waals surface area contributed by atoms with Crippen LogP contribution in [0, 0.1) is 12.8 Å². The molecule has 24 heavy (non-hydrogen) atoms. The van der Waals surface area contributed by atoms with Crippen molar-refractivity contribution in [3.8, 4) is 5.75 Å². The van der Waals surface area contributed by atoms with Crippen molar-refractivity contribution < 1.29 is 13.9 Å². The van der Waals surface area contributed by atoms with E-state index >= 15 is 0 Å². The number of rotatable bonds is 3. The van der Waals surface area contributed by atoms with Gasteiger partial charge in [0.05, 0.1) is 13.4 Å². The van der Waals surface area contributed by atoms with Crippen LogP contribution in [-0.4, -0.2) is 31.0 Å². The molecule has 0 bridgehead atoms. The van der Waals surface area contributed by atoms with Crippen molar-refractivity contribution in [2.75, 3.05) is 20.2 Å². The normalized spacial score (nSPS) is 16.7. The zero-order valence-corrected chi connectivity index (χ0v) is 14.9. The van der Waals surface area contributed by atoms with Crippen molar-refractivity contribution in [2.45, 2.75) is 33.6 Å². The Balaban J connectivity index is 1.90. The van der Waals surface area contributed by atoms with Gasteiger partial charge in [0.15, 0.2) is 0 Å². The van der Waals surface area contributed by atoms with Gasteiger partial charge in [0.25, 0.3) is 0 Å². The number of hydrogen-bond donors (Lipinski definition) is 0. The molecule has 1 aromatic heterocycles. The fourth-order valence-electron chi connectivity index (χ4n) is 3.24. The number of piperidine rings is 1. The van der Waals surface area contributed by atoms with Gasteiger partial charge in [-0.1, -0.05) is 6.92 Å². The first-order valence-corrected chi connectivity index (χ1v) is 8.53. The highest BCUT2D eigenvalue weighted by molar-refractivity contribution is 5.97. The number of hydrogen-bond acceptors (Lipinski definition) is 3. The Morgan fingerprint density at radius 3 is 2.71 bits per heavy atom. The van der Waals surface area contributed by atoms with Crippen LogP contribution in [0.15, 0.2) is 28.9 Å². The zero-order chi connectivity index (χ0) is 17.3. The third kappa shape index (κ3) is 3.18. The molecule has 3 rings (SSSR count). The van der Waals surface area contributed by atoms with E-state index in [4.69, 9.17) is 9.15 Å². The van der Waals surface area contributed by atoms with Crippen molar-refractivity contribution in [3.05, 3.63) is 35.6 Å². The minimum absolute atomic E-state index is 0.0884. The molecule has 0 radical (unpaired) electrons. The number of allylic oxidation sites excluding steroid dienone is 1. The first-order chi connectivity index (χ1) is 11.5. The first kappa shape index (κ1) is 16.6. The molecule has 0 N–H and O–H groups in total. The lowest BCUT2D eigenvalue weighted by Crippen LogP contribution is -2.36. The Labute approximate surface area is 143 Å². The van der Waals surface area contributed by atoms with Gasteiger partial charge < -0.3 is 14.1 Å². The molecule has 1 aliphatic rings. The van der Waals surface area contributed by atoms with Crippen LogP contribution < -0.4 is 4.74 Å². The molecule has 0 saturated carbocycles. The van der Waals surface area contributed by atoms with Crippen molar-refractivity contribution in [1.29, 1.82) is 0 Å². The monoisotopic (exact) mass is 327 g/mol. The lowest BCUT2D eigenvalue weighted by atomic mass is 9.98. The van der Waals surface area contributed by atoms with Gasteiger partial charge in [-0.05, 0) is 49.8 Å². The molecule has 1 saturated heterocycles. The van der Waals surface area contributed by atoms with E-state index in [1.165, 1.54) is 0 Å². The van der Waals surface area contributed by atoms with Crippen LogP contribution in [0.5, 0.6) is 5.75 Å². The number of carbonyl (C=O) groups is 1. The minimum atomic E-state index is 0.0884. The molecule has 1 aliphatic heterocycles. The second-order valence-electron chi connectivity index (χ2n) is 6.80. The summed E-state index contributed by atoms with van der Waals surface area (Å²) < 4.78 is 11.0. The molecular formula is C20H25NO3. The number of benzene rings is 1. The maximum absolute atomic E-state index is 12.6. The maximum Gasteiger partial charge on any atom is 0.246 e. The second-order valence-corrected chi connectivity index (χ2v) is 6.80. The molecule has 4 nitrogen and oxygen atoms in total. The van der Waals surface area contributed by atoms with Gasteiger partial charge in [0, 0.05) is 36.2 Å². The quantitative estimate of drug-likeness (QED) is 0.784. The Morgan fingerprint density at radius 2 is 2.04 bits per heavy atom. The van der Waals surface area contributed by atoms with Crippen LogP contribution in [0.3, 0.4) is 0 Å². The van der Waals surface area contributed by atoms with Crippen molar-refractivity contribution >= 4 is 22.4 Å². The third-order valence-electron chi connectivity index (χ3n) is 4.95. The standard InChI is InChI=1S/C20H25NO3/c1-13-5-7-21(8-6-13)20(22)9-14(2)16-10-17-15(3)12-24-19(17)11-18(16)23-4/h9-13H,5-8H2,1-4H3/b14-9+. The van der Waals surface area contributed by atoms with E-state index in [1.807, 2.05) is 30.9 Å². The second kappa shape index (κ2) is 6.71. The van der Waals surface area contributed by atoms with Crippen LogP contribution >= 0.6 is 0 Å². The van der Waals surface area contributed by atoms with Crippen molar-refractivity contribution in [3.63, 3.8) is 0 Å². The summed E-state index contributed by atoms with van der Waals surface area (Å²) in [5.41, 5.74) is 3.74. The number of ether oxygens (including phenoxy) is 1. The van der Waals surface area contributed by atoms with E-state index in [-0.39, 0.29) is 5.91 Å². The molecule has 1 amide bonds. The first-order valence-electron chi connectivity index (χ1n) is 8.53. The molecule has 0 aliphatic carbocycles. The number of fused-ring (bicyclic) bond motifs is 1. The van der Waals surface area contributed by atoms with Crippen LogP contribution in [-0.2, 0) is 4.79 Å². The Bertz CT molecular complexity index is 780. The van der Waals surface area contributed by atoms with Crippen LogP contribution in [0.4, 0.5) is 0 Å². The highest BCUT2D eigenvalue weighted by atomic mass is 16.5. The van der Waals surface area contributed by atoms with Gasteiger partial charge in [0.1, 0.15) is 11.3 Å². The summed E-state index contributed by atoms with van der Waals surface area (Å²) in [6.45, 7) is 7.92. The average Bonchev–Trinajstić information content (AvgIpc) is 2.94. The van der Waals surface area contributed by atoms with Gasteiger partial charge in [-0.2, -0.15) is 0 Å². The van der Waals surface area contributed by atoms with E-state index in [1.54, 1.807) is 19.4 Å². The van der Waals surface area contributed by atoms with E-state index in [0.29, 0.717) is 5.92 Å². The van der Waals surface area contributed by atoms with Gasteiger partial charge in [-0.15, -0.1) is 0 Å². The Kier molecular flexibility index (Phi) is 4.65. The molecule has 0 atom stereocenters. The molecule has 2 aromatic rings. The number of furan rings is 1. The lowest BCUT2D eigenvalue weighted by molar-refractivity contribution is -0.127. The minimum Gasteiger partial charge on any atom is -0.496 e. The highest BCUT2D eigenvalue weighted by Gasteiger charge is 2.19. The summed E-state index contributed by atoms with van der Waals surface area (Å²) in [6.07, 6.45) is 5.65. The Hall–Kier alpha value is -2.23. The summed E-state index contributed by atoms with van der Waals surface area (Å²) in [5.74, 6) is 1.53. The number of methoxy groups -OCH3 is 1. The largest absolute Gasteiger partial charge is 0.496 e. The summed E-state index contributed by atoms with van der Waals surface area (Å²) in [7, 11) is 1.64. The van der Waals surface area contributed by atoms with Gasteiger partial charge in [-0.3, -0.25) is 4.79 Å². The Morgan fingerprint density at radius 1 is 1.33 bits per heavy atom. The number of nitrogens with zero attached hydrogens (tertiary/aromatic N) is 1. The van der Waals surface area contributed by atoms with E-state index in [0.717, 1.165) is 59.3 Å². The lowest BCUT2D eigenvalue weighted by Gasteiger charge is -2.29. The fraction of sp³-hybridized carbons (Fsp3) is 0.450. The van der Waals surface area contributed by atoms with Crippen LogP contribution in [0.1, 0.15) is 37.8 Å². The number of likely N-dealkylation sites (tertiary alicyclic amines) is 1. The van der Waals surface area contributed by atoms with Gasteiger partial charge >= 0.3 is 0 Å². The summed E-state index contributed by atoms with van der Waals surface area (Å²) in [5, 5.41) is 1.05. The predicted molar refractivity (Wildman–Crippen MR) is 96.1 cm³/mol. The molecule has 128 valence electrons. The highest BCUT2D eigenvalue weighted by Crippen LogP contribution is 2.33. The van der Waals surface area contributed by atoms with Crippen molar-refractivity contribution in [1.82, 2.24) is 4.90 Å². The fourth-order valence-corrected chi connectivity index (χ4v) is 3.24. The van der Waals surface area contributed by atoms with E-state index in [2.05, 4.69) is 6.92 Å². The summed E-state index contributed by atoms with van der Waals surface area (Å²) in [6, 6.07) is 3.94. The molecule has 2 heterocycles. The number of aryl methyl sites for hydroxylation is 1. The molecule has 0 spiro atoms. The van der Waals surface area contributed by atoms with Gasteiger partial charge in [-0.25, -0.2) is 0 Å². The molecule has 1 fully saturated rings. The molecule has 4 heteroatoms. The molecule has 0 unspecified atom stereocenters. The SMILES string of the molecule is COc1cc2occ(C)c2cc1/C(C)=C/C(=O)N1CCC(C)CC1. The average molecular weight is 327 g/mol. The molecule has 1 aromatic carbocycles. The summed E-state index contributed by atoms with van der Waals surface area (Å²) >= 11 is 0. The summed E-state index contributed by atoms with van der Waals surface area (Å²) in [4.78, 5) is 14.5. The zero-order valence-electron chi connectivity index (χ0n) is 14.9. The van der Waals surface area contributed by atoms with Crippen molar-refractivity contribution in [2.24, 2.45) is 5.92 Å². The van der Waals surface area contributed by atoms with Gasteiger partial charge in [0.2, 0.25) is 5.91 Å². The third-order valence-corrected chi connectivity index (χ3v) is 4.95. The van der Waals surface area contributed by atoms with E-state index in [9.17, 15) is 4.79 Å². The number of amides is 1. The predicted octanol–water partition coefficient (Wildman–Crippen LogP) is 4.41. The maximum atomic E-state index is 12.6. The van der Waals surface area contributed by atoms with E-state index < -0.39 is 0 Å².